The van der Waals surface area contributed by atoms with Gasteiger partial charge in [-0.15, -0.1) is 0 Å². The Kier molecular flexibility index (Phi) is 3.64. The van der Waals surface area contributed by atoms with Crippen molar-refractivity contribution >= 4 is 13.8 Å². The number of carbonyl (C=O) groups is 1. The minimum absolute atomic E-state index is 0.723. The maximum atomic E-state index is 9.89. The molecule has 8 heteroatoms. The van der Waals surface area contributed by atoms with Crippen molar-refractivity contribution in [2.75, 3.05) is 6.61 Å². The predicted molar refractivity (Wildman–Crippen MR) is 27.5 cm³/mol. The molecule has 0 spiro atoms. The number of carboxylic acids is 1. The van der Waals surface area contributed by atoms with Crippen LogP contribution in [0.5, 0.6) is 0 Å². The van der Waals surface area contributed by atoms with Crippen LogP contribution < -0.4 is 15.7 Å². The van der Waals surface area contributed by atoms with Crippen LogP contribution in [-0.4, -0.2) is 23.5 Å². The number of phosphoric acid groups is 1. The third-order valence-electron chi connectivity index (χ3n) is 0.772. The number of phosphoric ester groups is 1. The predicted octanol–water partition coefficient (Wildman–Crippen LogP) is -4.18. The van der Waals surface area contributed by atoms with Crippen molar-refractivity contribution in [3.63, 3.8) is 0 Å². The van der Waals surface area contributed by atoms with Gasteiger partial charge in [0.1, 0.15) is 18.6 Å². The molecule has 0 aromatic rings. The fourth-order valence-electron chi connectivity index (χ4n) is 0.252. The van der Waals surface area contributed by atoms with E-state index in [9.17, 15) is 19.4 Å². The highest BCUT2D eigenvalue weighted by Crippen LogP contribution is 2.29. The van der Waals surface area contributed by atoms with Crippen LogP contribution in [0.2, 0.25) is 0 Å². The maximum absolute atomic E-state index is 9.89. The molecule has 11 heavy (non-hydrogen) atoms. The fraction of sp³-hybridized carbons (Fsp3) is 0.667. The van der Waals surface area contributed by atoms with E-state index in [0.29, 0.717) is 0 Å². The van der Waals surface area contributed by atoms with E-state index in [0.717, 1.165) is 0 Å². The highest BCUT2D eigenvalue weighted by Gasteiger charge is 2.10. The van der Waals surface area contributed by atoms with Crippen LogP contribution in [0.3, 0.4) is 0 Å². The molecular weight excluding hydrogens is 177 g/mol. The zero-order valence-corrected chi connectivity index (χ0v) is 6.32. The van der Waals surface area contributed by atoms with Crippen molar-refractivity contribution in [3.05, 3.63) is 0 Å². The average Bonchev–Trinajstić information content (AvgIpc) is 1.80. The molecule has 7 nitrogen and oxygen atoms in total. The quantitative estimate of drug-likeness (QED) is 0.425. The molecule has 0 saturated carbocycles. The van der Waals surface area contributed by atoms with E-state index in [4.69, 9.17) is 4.89 Å². The van der Waals surface area contributed by atoms with Crippen LogP contribution >= 0.6 is 7.82 Å². The van der Waals surface area contributed by atoms with Crippen LogP contribution in [0.25, 0.3) is 0 Å². The fourth-order valence-corrected chi connectivity index (χ4v) is 0.621. The molecule has 0 saturated heterocycles. The smallest absolute Gasteiger partial charge is 0.265 e. The van der Waals surface area contributed by atoms with E-state index in [1.54, 1.807) is 0 Å². The Bertz CT molecular complexity index is 186. The molecule has 0 fully saturated rings. The first kappa shape index (κ1) is 10.5. The van der Waals surface area contributed by atoms with Gasteiger partial charge in [0, 0.05) is 0 Å². The number of rotatable bonds is 4. The lowest BCUT2D eigenvalue weighted by Crippen LogP contribution is -2.70. The summed E-state index contributed by atoms with van der Waals surface area (Å²) < 4.78 is 13.6. The number of carboxylic acid groups (broad SMARTS) is 1. The zero-order chi connectivity index (χ0) is 9.07. The second-order valence-corrected chi connectivity index (χ2v) is 2.98. The topological polar surface area (TPSA) is 137 Å². The second kappa shape index (κ2) is 3.80. The third kappa shape index (κ3) is 5.96. The van der Waals surface area contributed by atoms with Crippen molar-refractivity contribution < 1.29 is 34.5 Å². The van der Waals surface area contributed by atoms with Crippen LogP contribution in [0, 0.1) is 0 Å². The van der Waals surface area contributed by atoms with Gasteiger partial charge in [0.05, 0.1) is 0 Å². The molecule has 66 valence electrons. The molecule has 0 radical (unpaired) electrons. The van der Waals surface area contributed by atoms with E-state index < -0.39 is 26.4 Å². The molecule has 0 aliphatic carbocycles. The molecule has 1 unspecified atom stereocenters. The van der Waals surface area contributed by atoms with Crippen molar-refractivity contribution in [3.8, 4) is 0 Å². The molecule has 0 rings (SSSR count). The molecule has 4 N–H and O–H groups in total. The molecule has 2 atom stereocenters. The molecule has 0 aliphatic heterocycles. The third-order valence-corrected chi connectivity index (χ3v) is 1.25. The first-order valence-electron chi connectivity index (χ1n) is 2.55. The van der Waals surface area contributed by atoms with Gasteiger partial charge in [0.25, 0.3) is 7.82 Å². The van der Waals surface area contributed by atoms with Gasteiger partial charge in [-0.2, -0.15) is 0 Å². The Morgan fingerprint density at radius 3 is 2.55 bits per heavy atom. The maximum Gasteiger partial charge on any atom is 0.265 e. The molecular formula is C3H7NO6P-. The first-order valence-corrected chi connectivity index (χ1v) is 4.05. The highest BCUT2D eigenvalue weighted by molar-refractivity contribution is 7.44. The van der Waals surface area contributed by atoms with Crippen molar-refractivity contribution in [1.82, 2.24) is 0 Å². The van der Waals surface area contributed by atoms with Crippen molar-refractivity contribution in [2.45, 2.75) is 6.04 Å². The van der Waals surface area contributed by atoms with E-state index in [-0.39, 0.29) is 0 Å². The normalized spacial score (nSPS) is 18.8. The van der Waals surface area contributed by atoms with Gasteiger partial charge in [0.15, 0.2) is 0 Å². The standard InChI is InChI=1S/C3H8NO6P/c4-2(3(5)6)1-10-11(7,8)9/h2H,1,4H2,(H,5,6)(H2,7,8,9)/p-1/t2-/m0/s1. The largest absolute Gasteiger partial charge is 0.756 e. The van der Waals surface area contributed by atoms with Crippen LogP contribution in [-0.2, 0) is 13.9 Å². The Balaban J connectivity index is 3.72. The molecule has 0 aromatic heterocycles. The van der Waals surface area contributed by atoms with Crippen LogP contribution in [0.1, 0.15) is 0 Å². The van der Waals surface area contributed by atoms with Crippen molar-refractivity contribution in [1.29, 1.82) is 0 Å². The minimum Gasteiger partial charge on any atom is -0.756 e. The summed E-state index contributed by atoms with van der Waals surface area (Å²) in [5, 5.41) is 9.89. The number of hydrogen-bond donors (Lipinski definition) is 2. The van der Waals surface area contributed by atoms with Gasteiger partial charge in [-0.3, -0.25) is 4.57 Å². The van der Waals surface area contributed by atoms with Gasteiger partial charge >= 0.3 is 0 Å². The van der Waals surface area contributed by atoms with Gasteiger partial charge in [-0.25, -0.2) is 0 Å². The molecule has 0 aromatic carbocycles. The number of carbonyl (C=O) groups excluding carboxylic acids is 1. The summed E-state index contributed by atoms with van der Waals surface area (Å²) in [4.78, 5) is 27.8. The zero-order valence-electron chi connectivity index (χ0n) is 5.43. The lowest BCUT2D eigenvalue weighted by molar-refractivity contribution is -0.441. The number of quaternary nitrogens is 1. The van der Waals surface area contributed by atoms with Gasteiger partial charge in [-0.1, -0.05) is 0 Å². The second-order valence-electron chi connectivity index (χ2n) is 1.78. The Morgan fingerprint density at radius 1 is 1.82 bits per heavy atom. The summed E-state index contributed by atoms with van der Waals surface area (Å²) in [6.07, 6.45) is 0. The van der Waals surface area contributed by atoms with E-state index >= 15 is 0 Å². The Morgan fingerprint density at radius 2 is 2.27 bits per heavy atom. The van der Waals surface area contributed by atoms with Crippen molar-refractivity contribution in [2.24, 2.45) is 0 Å². The summed E-state index contributed by atoms with van der Waals surface area (Å²) in [5.41, 5.74) is 2.98. The number of aliphatic carboxylic acids is 1. The van der Waals surface area contributed by atoms with Crippen LogP contribution in [0.15, 0.2) is 0 Å². The molecule has 0 aliphatic rings. The summed E-state index contributed by atoms with van der Waals surface area (Å²) in [5.74, 6) is -1.54. The van der Waals surface area contributed by atoms with E-state index in [2.05, 4.69) is 10.3 Å². The molecule has 0 bridgehead atoms. The SMILES string of the molecule is [NH3+][C@@H](COP(=O)([O-])O)C(=O)[O-]. The first-order chi connectivity index (χ1) is 4.83. The van der Waals surface area contributed by atoms with E-state index in [1.165, 1.54) is 0 Å². The lowest BCUT2D eigenvalue weighted by atomic mass is 10.3. The van der Waals surface area contributed by atoms with Gasteiger partial charge in [-0.05, 0) is 0 Å². The monoisotopic (exact) mass is 184 g/mol. The van der Waals surface area contributed by atoms with Gasteiger partial charge in [0.2, 0.25) is 0 Å². The highest BCUT2D eigenvalue weighted by atomic mass is 31.2. The summed E-state index contributed by atoms with van der Waals surface area (Å²) >= 11 is 0. The minimum atomic E-state index is -4.84. The molecule has 0 amide bonds. The molecule has 0 heterocycles. The number of hydrogen-bond acceptors (Lipinski definition) is 5. The summed E-state index contributed by atoms with van der Waals surface area (Å²) in [6.45, 7) is -0.723. The summed E-state index contributed by atoms with van der Waals surface area (Å²) in [7, 11) is -4.84. The van der Waals surface area contributed by atoms with E-state index in [1.807, 2.05) is 0 Å². The van der Waals surface area contributed by atoms with Gasteiger partial charge < -0.3 is 29.9 Å². The Hall–Kier alpha value is -0.460. The Labute approximate surface area is 62.0 Å². The van der Waals surface area contributed by atoms with Crippen LogP contribution in [0.4, 0.5) is 0 Å². The average molecular weight is 184 g/mol. The lowest BCUT2D eigenvalue weighted by Gasteiger charge is -2.17. The summed E-state index contributed by atoms with van der Waals surface area (Å²) in [6, 6.07) is -1.32.